The van der Waals surface area contributed by atoms with Crippen molar-refractivity contribution in [2.24, 2.45) is 5.92 Å². The van der Waals surface area contributed by atoms with E-state index < -0.39 is 0 Å². The Morgan fingerprint density at radius 1 is 1.35 bits per heavy atom. The standard InChI is InChI=1S/C17H27ClN2/c1-13(2)11-19-12-14-10-15(18)6-7-16(14)20-9-5-8-17(20,3)4/h6-7,10,13,19H,5,8-9,11-12H2,1-4H3. The lowest BCUT2D eigenvalue weighted by Gasteiger charge is -2.35. The summed E-state index contributed by atoms with van der Waals surface area (Å²) in [5.41, 5.74) is 2.90. The van der Waals surface area contributed by atoms with Crippen LogP contribution in [0.2, 0.25) is 5.02 Å². The highest BCUT2D eigenvalue weighted by molar-refractivity contribution is 6.30. The number of rotatable bonds is 5. The number of nitrogens with zero attached hydrogens (tertiary/aromatic N) is 1. The lowest BCUT2D eigenvalue weighted by Crippen LogP contribution is -2.39. The van der Waals surface area contributed by atoms with Crippen molar-refractivity contribution in [3.8, 4) is 0 Å². The van der Waals surface area contributed by atoms with Crippen LogP contribution in [0, 0.1) is 5.92 Å². The molecule has 0 aromatic heterocycles. The molecule has 1 N–H and O–H groups in total. The predicted octanol–water partition coefficient (Wildman–Crippen LogP) is 4.46. The highest BCUT2D eigenvalue weighted by atomic mass is 35.5. The zero-order valence-electron chi connectivity index (χ0n) is 13.2. The van der Waals surface area contributed by atoms with Gasteiger partial charge in [0.2, 0.25) is 0 Å². The Morgan fingerprint density at radius 2 is 2.10 bits per heavy atom. The number of hydrogen-bond donors (Lipinski definition) is 1. The molecule has 3 heteroatoms. The Labute approximate surface area is 128 Å². The van der Waals surface area contributed by atoms with E-state index in [-0.39, 0.29) is 5.54 Å². The minimum absolute atomic E-state index is 0.251. The van der Waals surface area contributed by atoms with Crippen molar-refractivity contribution in [1.82, 2.24) is 5.32 Å². The summed E-state index contributed by atoms with van der Waals surface area (Å²) in [6.07, 6.45) is 2.53. The van der Waals surface area contributed by atoms with Crippen LogP contribution in [0.3, 0.4) is 0 Å². The van der Waals surface area contributed by atoms with Gasteiger partial charge in [0, 0.05) is 29.3 Å². The van der Waals surface area contributed by atoms with Gasteiger partial charge in [0.15, 0.2) is 0 Å². The molecule has 1 aromatic rings. The van der Waals surface area contributed by atoms with Crippen LogP contribution in [0.4, 0.5) is 5.69 Å². The fourth-order valence-electron chi connectivity index (χ4n) is 3.01. The highest BCUT2D eigenvalue weighted by Gasteiger charge is 2.32. The number of hydrogen-bond acceptors (Lipinski definition) is 2. The molecule has 0 saturated carbocycles. The minimum Gasteiger partial charge on any atom is -0.366 e. The van der Waals surface area contributed by atoms with Gasteiger partial charge in [0.25, 0.3) is 0 Å². The van der Waals surface area contributed by atoms with Crippen LogP contribution in [0.5, 0.6) is 0 Å². The highest BCUT2D eigenvalue weighted by Crippen LogP contribution is 2.36. The summed E-state index contributed by atoms with van der Waals surface area (Å²) < 4.78 is 0. The Hall–Kier alpha value is -0.730. The third-order valence-corrected chi connectivity index (χ3v) is 4.34. The molecule has 0 radical (unpaired) electrons. The van der Waals surface area contributed by atoms with Gasteiger partial charge >= 0.3 is 0 Å². The van der Waals surface area contributed by atoms with Crippen LogP contribution in [-0.2, 0) is 6.54 Å². The summed E-state index contributed by atoms with van der Waals surface area (Å²) in [6, 6.07) is 6.30. The average Bonchev–Trinajstić information content (AvgIpc) is 2.69. The molecule has 0 spiro atoms. The molecule has 2 nitrogen and oxygen atoms in total. The van der Waals surface area contributed by atoms with Gasteiger partial charge in [0.1, 0.15) is 0 Å². The van der Waals surface area contributed by atoms with Gasteiger partial charge in [0.05, 0.1) is 0 Å². The molecule has 2 rings (SSSR count). The van der Waals surface area contributed by atoms with Crippen molar-refractivity contribution >= 4 is 17.3 Å². The summed E-state index contributed by atoms with van der Waals surface area (Å²) in [7, 11) is 0. The third kappa shape index (κ3) is 3.67. The van der Waals surface area contributed by atoms with E-state index in [1.807, 2.05) is 6.07 Å². The molecule has 1 fully saturated rings. The topological polar surface area (TPSA) is 15.3 Å². The zero-order valence-corrected chi connectivity index (χ0v) is 13.9. The van der Waals surface area contributed by atoms with E-state index in [4.69, 9.17) is 11.6 Å². The normalized spacial score (nSPS) is 18.0. The lowest BCUT2D eigenvalue weighted by molar-refractivity contribution is 0.513. The van der Waals surface area contributed by atoms with Gasteiger partial charge in [-0.15, -0.1) is 0 Å². The predicted molar refractivity (Wildman–Crippen MR) is 88.7 cm³/mol. The first-order valence-corrected chi connectivity index (χ1v) is 8.05. The van der Waals surface area contributed by atoms with Gasteiger partial charge in [-0.25, -0.2) is 0 Å². The molecule has 1 aromatic carbocycles. The smallest absolute Gasteiger partial charge is 0.0417 e. The molecular formula is C17H27ClN2. The van der Waals surface area contributed by atoms with Gasteiger partial charge in [-0.1, -0.05) is 25.4 Å². The van der Waals surface area contributed by atoms with Crippen molar-refractivity contribution in [2.75, 3.05) is 18.0 Å². The van der Waals surface area contributed by atoms with Crippen LogP contribution in [0.1, 0.15) is 46.1 Å². The molecule has 1 aliphatic heterocycles. The Morgan fingerprint density at radius 3 is 2.70 bits per heavy atom. The molecule has 1 saturated heterocycles. The third-order valence-electron chi connectivity index (χ3n) is 4.10. The van der Waals surface area contributed by atoms with Crippen molar-refractivity contribution < 1.29 is 0 Å². The van der Waals surface area contributed by atoms with Gasteiger partial charge in [-0.05, 0) is 62.9 Å². The second-order valence-corrected chi connectivity index (χ2v) is 7.30. The maximum atomic E-state index is 6.19. The summed E-state index contributed by atoms with van der Waals surface area (Å²) in [5.74, 6) is 0.667. The molecule has 20 heavy (non-hydrogen) atoms. The SMILES string of the molecule is CC(C)CNCc1cc(Cl)ccc1N1CCCC1(C)C. The van der Waals surface area contributed by atoms with E-state index in [9.17, 15) is 0 Å². The maximum Gasteiger partial charge on any atom is 0.0417 e. The molecule has 112 valence electrons. The number of nitrogens with one attached hydrogen (secondary N) is 1. The summed E-state index contributed by atoms with van der Waals surface area (Å²) in [5, 5.41) is 4.36. The number of benzene rings is 1. The van der Waals surface area contributed by atoms with Crippen molar-refractivity contribution in [3.63, 3.8) is 0 Å². The first-order valence-electron chi connectivity index (χ1n) is 7.67. The minimum atomic E-state index is 0.251. The quantitative estimate of drug-likeness (QED) is 0.862. The van der Waals surface area contributed by atoms with Gasteiger partial charge in [-0.2, -0.15) is 0 Å². The van der Waals surface area contributed by atoms with Crippen LogP contribution >= 0.6 is 11.6 Å². The summed E-state index contributed by atoms with van der Waals surface area (Å²) >= 11 is 6.19. The molecule has 0 bridgehead atoms. The van der Waals surface area contributed by atoms with E-state index >= 15 is 0 Å². The zero-order chi connectivity index (χ0) is 14.8. The molecule has 1 heterocycles. The first kappa shape index (κ1) is 15.7. The molecule has 1 aliphatic rings. The Kier molecular flexibility index (Phi) is 4.98. The van der Waals surface area contributed by atoms with Crippen molar-refractivity contribution in [2.45, 2.75) is 52.6 Å². The summed E-state index contributed by atoms with van der Waals surface area (Å²) in [6.45, 7) is 12.2. The van der Waals surface area contributed by atoms with Crippen LogP contribution < -0.4 is 10.2 Å². The van der Waals surface area contributed by atoms with E-state index in [0.29, 0.717) is 5.92 Å². The van der Waals surface area contributed by atoms with E-state index in [2.05, 4.69) is 50.0 Å². The van der Waals surface area contributed by atoms with Gasteiger partial charge in [-0.3, -0.25) is 0 Å². The molecule has 0 amide bonds. The molecule has 0 aliphatic carbocycles. The van der Waals surface area contributed by atoms with Crippen LogP contribution in [0.25, 0.3) is 0 Å². The monoisotopic (exact) mass is 294 g/mol. The van der Waals surface area contributed by atoms with E-state index in [0.717, 1.165) is 24.7 Å². The molecule has 0 atom stereocenters. The molecule has 0 unspecified atom stereocenters. The lowest BCUT2D eigenvalue weighted by atomic mass is 10.0. The van der Waals surface area contributed by atoms with E-state index in [1.54, 1.807) is 0 Å². The largest absolute Gasteiger partial charge is 0.366 e. The fourth-order valence-corrected chi connectivity index (χ4v) is 3.20. The van der Waals surface area contributed by atoms with Crippen molar-refractivity contribution in [1.29, 1.82) is 0 Å². The van der Waals surface area contributed by atoms with E-state index in [1.165, 1.54) is 24.1 Å². The first-order chi connectivity index (χ1) is 9.40. The Balaban J connectivity index is 2.19. The van der Waals surface area contributed by atoms with Crippen molar-refractivity contribution in [3.05, 3.63) is 28.8 Å². The maximum absolute atomic E-state index is 6.19. The fraction of sp³-hybridized carbons (Fsp3) is 0.647. The number of halogens is 1. The van der Waals surface area contributed by atoms with Crippen LogP contribution in [-0.4, -0.2) is 18.6 Å². The van der Waals surface area contributed by atoms with Gasteiger partial charge < -0.3 is 10.2 Å². The second kappa shape index (κ2) is 6.36. The second-order valence-electron chi connectivity index (χ2n) is 6.87. The summed E-state index contributed by atoms with van der Waals surface area (Å²) in [4.78, 5) is 2.54. The average molecular weight is 295 g/mol. The number of anilines is 1. The van der Waals surface area contributed by atoms with Crippen LogP contribution in [0.15, 0.2) is 18.2 Å². The Bertz CT molecular complexity index is 454. The molecular weight excluding hydrogens is 268 g/mol.